The zero-order valence-electron chi connectivity index (χ0n) is 17.4. The number of fused-ring (bicyclic) bond motifs is 1. The predicted molar refractivity (Wildman–Crippen MR) is 113 cm³/mol. The summed E-state index contributed by atoms with van der Waals surface area (Å²) in [5.41, 5.74) is 3.92. The maximum atomic E-state index is 4.84. The molecule has 0 saturated heterocycles. The van der Waals surface area contributed by atoms with Crippen LogP contribution < -0.4 is 10.2 Å². The van der Waals surface area contributed by atoms with Gasteiger partial charge in [-0.3, -0.25) is 4.90 Å². The molecule has 0 atom stereocenters. The number of nitrogens with zero attached hydrogens (tertiary/aromatic N) is 4. The highest BCUT2D eigenvalue weighted by atomic mass is 15.3. The van der Waals surface area contributed by atoms with E-state index >= 15 is 0 Å². The number of anilines is 2. The van der Waals surface area contributed by atoms with E-state index in [-0.39, 0.29) is 0 Å². The van der Waals surface area contributed by atoms with Gasteiger partial charge in [0.25, 0.3) is 0 Å². The lowest BCUT2D eigenvalue weighted by Crippen LogP contribution is -2.40. The second-order valence-corrected chi connectivity index (χ2v) is 7.99. The molecule has 0 unspecified atom stereocenters. The highest BCUT2D eigenvalue weighted by Gasteiger charge is 2.19. The van der Waals surface area contributed by atoms with Crippen LogP contribution in [0.15, 0.2) is 30.5 Å². The molecule has 0 radical (unpaired) electrons. The van der Waals surface area contributed by atoms with Crippen LogP contribution in [-0.4, -0.2) is 46.6 Å². The van der Waals surface area contributed by atoms with E-state index in [1.807, 2.05) is 6.20 Å². The smallest absolute Gasteiger partial charge is 0.227 e. The Morgan fingerprint density at radius 3 is 2.52 bits per heavy atom. The van der Waals surface area contributed by atoms with E-state index in [4.69, 9.17) is 4.98 Å². The zero-order chi connectivity index (χ0) is 19.4. The highest BCUT2D eigenvalue weighted by Crippen LogP contribution is 2.23. The molecule has 0 spiro atoms. The summed E-state index contributed by atoms with van der Waals surface area (Å²) in [5.74, 6) is 1.77. The molecule has 5 nitrogen and oxygen atoms in total. The molecule has 0 saturated carbocycles. The molecule has 1 N–H and O–H groups in total. The van der Waals surface area contributed by atoms with E-state index < -0.39 is 0 Å². The third-order valence-electron chi connectivity index (χ3n) is 5.36. The van der Waals surface area contributed by atoms with Crippen LogP contribution >= 0.6 is 0 Å². The number of benzene rings is 1. The maximum absolute atomic E-state index is 4.84. The monoisotopic (exact) mass is 367 g/mol. The molecule has 2 aromatic rings. The Labute approximate surface area is 163 Å². The van der Waals surface area contributed by atoms with Crippen LogP contribution in [-0.2, 0) is 13.0 Å². The first kappa shape index (κ1) is 19.6. The van der Waals surface area contributed by atoms with Crippen LogP contribution in [0.2, 0.25) is 0 Å². The van der Waals surface area contributed by atoms with E-state index in [1.165, 1.54) is 11.1 Å². The number of aryl methyl sites for hydroxylation is 1. The molecule has 0 bridgehead atoms. The van der Waals surface area contributed by atoms with Crippen LogP contribution in [0.3, 0.4) is 0 Å². The summed E-state index contributed by atoms with van der Waals surface area (Å²) in [6.45, 7) is 14.8. The van der Waals surface area contributed by atoms with Gasteiger partial charge in [0.2, 0.25) is 5.95 Å². The summed E-state index contributed by atoms with van der Waals surface area (Å²) < 4.78 is 0. The maximum Gasteiger partial charge on any atom is 0.227 e. The van der Waals surface area contributed by atoms with Gasteiger partial charge in [0.05, 0.1) is 0 Å². The molecule has 3 rings (SSSR count). The van der Waals surface area contributed by atoms with Gasteiger partial charge in [-0.25, -0.2) is 4.98 Å². The summed E-state index contributed by atoms with van der Waals surface area (Å²) in [4.78, 5) is 14.2. The first-order chi connectivity index (χ1) is 13.0. The molecule has 146 valence electrons. The Hall–Kier alpha value is -2.14. The van der Waals surface area contributed by atoms with E-state index in [9.17, 15) is 0 Å². The minimum absolute atomic E-state index is 0.544. The van der Waals surface area contributed by atoms with Crippen LogP contribution in [0.4, 0.5) is 11.8 Å². The molecule has 1 aliphatic rings. The average Bonchev–Trinajstić information content (AvgIpc) is 2.65. The Balaban J connectivity index is 1.66. The van der Waals surface area contributed by atoms with E-state index in [0.29, 0.717) is 12.1 Å². The molecule has 1 aliphatic heterocycles. The van der Waals surface area contributed by atoms with E-state index in [1.54, 1.807) is 0 Å². The summed E-state index contributed by atoms with van der Waals surface area (Å²) in [6.07, 6.45) is 2.99. The van der Waals surface area contributed by atoms with Gasteiger partial charge in [0.1, 0.15) is 5.82 Å². The van der Waals surface area contributed by atoms with Crippen molar-refractivity contribution >= 4 is 11.8 Å². The van der Waals surface area contributed by atoms with Crippen LogP contribution in [0, 0.1) is 6.92 Å². The average molecular weight is 368 g/mol. The molecule has 2 heterocycles. The molecule has 1 aromatic carbocycles. The normalized spacial score (nSPS) is 14.1. The Bertz CT molecular complexity index is 748. The van der Waals surface area contributed by atoms with E-state index in [0.717, 1.165) is 49.9 Å². The largest absolute Gasteiger partial charge is 0.368 e. The fraction of sp³-hybridized carbons (Fsp3) is 0.545. The highest BCUT2D eigenvalue weighted by molar-refractivity contribution is 5.48. The van der Waals surface area contributed by atoms with Gasteiger partial charge in [-0.15, -0.1) is 0 Å². The molecular weight excluding hydrogens is 334 g/mol. The Morgan fingerprint density at radius 1 is 1.11 bits per heavy atom. The minimum atomic E-state index is 0.544. The first-order valence-electron chi connectivity index (χ1n) is 10.1. The van der Waals surface area contributed by atoms with Crippen LogP contribution in [0.25, 0.3) is 0 Å². The Kier molecular flexibility index (Phi) is 6.32. The number of nitrogens with one attached hydrogen (secondary N) is 1. The van der Waals surface area contributed by atoms with Crippen molar-refractivity contribution in [2.45, 2.75) is 59.7 Å². The van der Waals surface area contributed by atoms with Crippen molar-refractivity contribution in [1.82, 2.24) is 14.9 Å². The minimum Gasteiger partial charge on any atom is -0.368 e. The first-order valence-corrected chi connectivity index (χ1v) is 10.1. The van der Waals surface area contributed by atoms with Crippen molar-refractivity contribution in [3.63, 3.8) is 0 Å². The lowest BCUT2D eigenvalue weighted by atomic mass is 10.0. The van der Waals surface area contributed by atoms with Crippen molar-refractivity contribution < 1.29 is 0 Å². The molecule has 0 aliphatic carbocycles. The summed E-state index contributed by atoms with van der Waals surface area (Å²) in [6, 6.07) is 9.76. The van der Waals surface area contributed by atoms with Gasteiger partial charge in [0, 0.05) is 50.0 Å². The van der Waals surface area contributed by atoms with Crippen molar-refractivity contribution in [2.75, 3.05) is 29.9 Å². The molecular formula is C22H33N5. The Morgan fingerprint density at radius 2 is 1.81 bits per heavy atom. The van der Waals surface area contributed by atoms with Gasteiger partial charge in [0.15, 0.2) is 0 Å². The number of aromatic nitrogens is 2. The standard InChI is InChI=1S/C22H33N5/c1-16(2)27(17(3)4)13-11-23-21-18(5)14-24-22(25-21)26-12-10-19-8-6-7-9-20(19)15-26/h6-9,14,16-17H,10-13,15H2,1-5H3,(H,23,24,25). The van der Waals surface area contributed by atoms with Gasteiger partial charge >= 0.3 is 0 Å². The predicted octanol–water partition coefficient (Wildman–Crippen LogP) is 3.88. The van der Waals surface area contributed by atoms with Gasteiger partial charge < -0.3 is 10.2 Å². The summed E-state index contributed by atoms with van der Waals surface area (Å²) >= 11 is 0. The van der Waals surface area contributed by atoms with Gasteiger partial charge in [-0.05, 0) is 52.2 Å². The third-order valence-corrected chi connectivity index (χ3v) is 5.36. The zero-order valence-corrected chi connectivity index (χ0v) is 17.4. The molecule has 0 fully saturated rings. The van der Waals surface area contributed by atoms with Crippen LogP contribution in [0.5, 0.6) is 0 Å². The van der Waals surface area contributed by atoms with Gasteiger partial charge in [-0.1, -0.05) is 24.3 Å². The molecule has 5 heteroatoms. The number of hydrogen-bond donors (Lipinski definition) is 1. The van der Waals surface area contributed by atoms with Crippen molar-refractivity contribution in [3.8, 4) is 0 Å². The van der Waals surface area contributed by atoms with Crippen molar-refractivity contribution in [2.24, 2.45) is 0 Å². The van der Waals surface area contributed by atoms with Crippen molar-refractivity contribution in [3.05, 3.63) is 47.2 Å². The van der Waals surface area contributed by atoms with E-state index in [2.05, 4.69) is 79.0 Å². The topological polar surface area (TPSA) is 44.3 Å². The van der Waals surface area contributed by atoms with Gasteiger partial charge in [-0.2, -0.15) is 4.98 Å². The van der Waals surface area contributed by atoms with Crippen LogP contribution in [0.1, 0.15) is 44.4 Å². The second-order valence-electron chi connectivity index (χ2n) is 7.99. The summed E-state index contributed by atoms with van der Waals surface area (Å²) in [5, 5.41) is 3.53. The van der Waals surface area contributed by atoms with Crippen molar-refractivity contribution in [1.29, 1.82) is 0 Å². The lowest BCUT2D eigenvalue weighted by Gasteiger charge is -2.31. The fourth-order valence-electron chi connectivity index (χ4n) is 3.85. The quantitative estimate of drug-likeness (QED) is 0.805. The lowest BCUT2D eigenvalue weighted by molar-refractivity contribution is 0.182. The second kappa shape index (κ2) is 8.70. The number of hydrogen-bond acceptors (Lipinski definition) is 5. The molecule has 1 aromatic heterocycles. The number of rotatable bonds is 7. The SMILES string of the molecule is Cc1cnc(N2CCc3ccccc3C2)nc1NCCN(C(C)C)C(C)C. The molecule has 27 heavy (non-hydrogen) atoms. The third kappa shape index (κ3) is 4.78. The molecule has 0 amide bonds. The fourth-order valence-corrected chi connectivity index (χ4v) is 3.85. The summed E-state index contributed by atoms with van der Waals surface area (Å²) in [7, 11) is 0.